The maximum Gasteiger partial charge on any atom is 0.251 e. The van der Waals surface area contributed by atoms with Gasteiger partial charge in [0, 0.05) is 58.8 Å². The zero-order chi connectivity index (χ0) is 31.5. The second kappa shape index (κ2) is 12.8. The van der Waals surface area contributed by atoms with Gasteiger partial charge in [-0.15, -0.1) is 0 Å². The summed E-state index contributed by atoms with van der Waals surface area (Å²) in [6.45, 7) is 4.25. The normalized spacial score (nSPS) is 16.8. The van der Waals surface area contributed by atoms with Crippen LogP contribution in [0.4, 0.5) is 10.1 Å². The summed E-state index contributed by atoms with van der Waals surface area (Å²) in [6.07, 6.45) is 4.37. The second-order valence-corrected chi connectivity index (χ2v) is 11.3. The van der Waals surface area contributed by atoms with Crippen molar-refractivity contribution in [3.05, 3.63) is 101 Å². The average molecular weight is 608 g/mol. The number of nitrogens with one attached hydrogen (secondary N) is 3. The summed E-state index contributed by atoms with van der Waals surface area (Å²) in [7, 11) is 1.49. The molecule has 6 rings (SSSR count). The first-order chi connectivity index (χ1) is 21.8. The van der Waals surface area contributed by atoms with Gasteiger partial charge in [-0.25, -0.2) is 4.39 Å². The fourth-order valence-electron chi connectivity index (χ4n) is 5.82. The number of aryl methyl sites for hydroxylation is 2. The maximum absolute atomic E-state index is 15.0. The predicted molar refractivity (Wildman–Crippen MR) is 169 cm³/mol. The molecule has 1 aliphatic heterocycles. The van der Waals surface area contributed by atoms with Crippen molar-refractivity contribution in [3.63, 3.8) is 0 Å². The summed E-state index contributed by atoms with van der Waals surface area (Å²) < 4.78 is 20.5. The lowest BCUT2D eigenvalue weighted by molar-refractivity contribution is -0.123. The highest BCUT2D eigenvalue weighted by Gasteiger charge is 2.35. The van der Waals surface area contributed by atoms with Crippen LogP contribution in [0.25, 0.3) is 22.2 Å². The molecule has 2 aromatic carbocycles. The Hall–Kier alpha value is -5.16. The average Bonchev–Trinajstić information content (AvgIpc) is 3.47. The van der Waals surface area contributed by atoms with E-state index >= 15 is 4.39 Å². The SMILES string of the molecule is COc1cccc(F)c1CN1C[C@H](NC(=O)c2ccc3[nH]nc(-c4ccnc(C)c4)c3c2)CC[C@H]1C(=O)Nc1ccc(C)nc1. The first-order valence-electron chi connectivity index (χ1n) is 14.8. The number of H-pyrrole nitrogens is 1. The molecule has 0 radical (unpaired) electrons. The van der Waals surface area contributed by atoms with Crippen LogP contribution in [0.1, 0.15) is 40.2 Å². The molecule has 10 nitrogen and oxygen atoms in total. The Balaban J connectivity index is 1.22. The zero-order valence-corrected chi connectivity index (χ0v) is 25.3. The fourth-order valence-corrected chi connectivity index (χ4v) is 5.82. The maximum atomic E-state index is 15.0. The van der Waals surface area contributed by atoms with Crippen molar-refractivity contribution in [3.8, 4) is 17.0 Å². The molecule has 0 saturated carbocycles. The monoisotopic (exact) mass is 607 g/mol. The summed E-state index contributed by atoms with van der Waals surface area (Å²) in [5.74, 6) is -0.477. The molecule has 0 spiro atoms. The lowest BCUT2D eigenvalue weighted by Crippen LogP contribution is -2.55. The number of halogens is 1. The van der Waals surface area contributed by atoms with Gasteiger partial charge in [0.1, 0.15) is 17.3 Å². The number of carbonyl (C=O) groups is 2. The topological polar surface area (TPSA) is 125 Å². The molecule has 3 aromatic heterocycles. The van der Waals surface area contributed by atoms with Crippen LogP contribution in [0, 0.1) is 19.7 Å². The van der Waals surface area contributed by atoms with Crippen LogP contribution in [0.3, 0.4) is 0 Å². The molecule has 5 aromatic rings. The number of anilines is 1. The molecule has 1 aliphatic rings. The molecule has 3 N–H and O–H groups in total. The molecular weight excluding hydrogens is 573 g/mol. The molecule has 230 valence electrons. The van der Waals surface area contributed by atoms with E-state index < -0.39 is 11.9 Å². The number of hydrogen-bond donors (Lipinski definition) is 3. The number of amides is 2. The van der Waals surface area contributed by atoms with Crippen LogP contribution in [0.2, 0.25) is 0 Å². The largest absolute Gasteiger partial charge is 0.496 e. The lowest BCUT2D eigenvalue weighted by Gasteiger charge is -2.39. The van der Waals surface area contributed by atoms with Crippen molar-refractivity contribution in [1.29, 1.82) is 0 Å². The van der Waals surface area contributed by atoms with E-state index in [-0.39, 0.29) is 24.4 Å². The van der Waals surface area contributed by atoms with Crippen molar-refractivity contribution in [2.24, 2.45) is 0 Å². The lowest BCUT2D eigenvalue weighted by atomic mass is 9.95. The minimum atomic E-state index is -0.558. The molecular formula is C34H34FN7O3. The number of fused-ring (bicyclic) bond motifs is 1. The van der Waals surface area contributed by atoms with Crippen molar-refractivity contribution in [2.45, 2.75) is 45.3 Å². The van der Waals surface area contributed by atoms with Gasteiger partial charge >= 0.3 is 0 Å². The summed E-state index contributed by atoms with van der Waals surface area (Å²) in [4.78, 5) is 37.5. The van der Waals surface area contributed by atoms with Gasteiger partial charge in [-0.3, -0.25) is 29.6 Å². The highest BCUT2D eigenvalue weighted by Crippen LogP contribution is 2.29. The van der Waals surface area contributed by atoms with E-state index in [2.05, 4.69) is 30.8 Å². The smallest absolute Gasteiger partial charge is 0.251 e. The molecule has 11 heteroatoms. The van der Waals surface area contributed by atoms with Gasteiger partial charge in [0.2, 0.25) is 5.91 Å². The number of likely N-dealkylation sites (tertiary alicyclic amines) is 1. The van der Waals surface area contributed by atoms with Crippen molar-refractivity contribution >= 4 is 28.4 Å². The quantitative estimate of drug-likeness (QED) is 0.222. The number of aromatic nitrogens is 4. The Morgan fingerprint density at radius 2 is 1.91 bits per heavy atom. The molecule has 0 unspecified atom stereocenters. The number of rotatable bonds is 8. The Morgan fingerprint density at radius 3 is 2.69 bits per heavy atom. The van der Waals surface area contributed by atoms with Crippen LogP contribution in [0.15, 0.2) is 73.1 Å². The fraction of sp³-hybridized carbons (Fsp3) is 0.265. The third-order valence-electron chi connectivity index (χ3n) is 8.15. The number of hydrogen-bond acceptors (Lipinski definition) is 7. The van der Waals surface area contributed by atoms with Gasteiger partial charge in [0.25, 0.3) is 5.91 Å². The van der Waals surface area contributed by atoms with Gasteiger partial charge in [-0.1, -0.05) is 6.07 Å². The third-order valence-corrected chi connectivity index (χ3v) is 8.15. The standard InChI is InChI=1S/C34H34FN7O3/c1-20-7-9-24(17-37-20)38-34(44)30-12-10-25(18-42(30)19-27-28(35)5-4-6-31(27)45-3)39-33(43)23-8-11-29-26(16-23)32(41-40-29)22-13-14-36-21(2)15-22/h4-9,11,13-17,25,30H,10,12,18-19H2,1-3H3,(H,38,44)(H,39,43)(H,40,41)/t25-,30+/m1/s1. The Kier molecular flexibility index (Phi) is 8.52. The van der Waals surface area contributed by atoms with Crippen molar-refractivity contribution in [2.75, 3.05) is 19.0 Å². The number of carbonyl (C=O) groups excluding carboxylic acids is 2. The number of piperidine rings is 1. The van der Waals surface area contributed by atoms with E-state index in [1.807, 2.05) is 49.1 Å². The number of methoxy groups -OCH3 is 1. The third kappa shape index (κ3) is 6.53. The molecule has 2 amide bonds. The molecule has 4 heterocycles. The Bertz CT molecular complexity index is 1860. The number of aromatic amines is 1. The highest BCUT2D eigenvalue weighted by atomic mass is 19.1. The molecule has 1 fully saturated rings. The summed E-state index contributed by atoms with van der Waals surface area (Å²) in [6, 6.07) is 16.7. The van der Waals surface area contributed by atoms with E-state index in [1.54, 1.807) is 36.7 Å². The minimum absolute atomic E-state index is 0.127. The van der Waals surface area contributed by atoms with Gasteiger partial charge < -0.3 is 15.4 Å². The number of benzene rings is 2. The van der Waals surface area contributed by atoms with Gasteiger partial charge in [0.05, 0.1) is 30.6 Å². The van der Waals surface area contributed by atoms with E-state index in [0.29, 0.717) is 42.0 Å². The predicted octanol–water partition coefficient (Wildman–Crippen LogP) is 5.19. The van der Waals surface area contributed by atoms with E-state index in [9.17, 15) is 9.59 Å². The number of nitrogens with zero attached hydrogens (tertiary/aromatic N) is 4. The van der Waals surface area contributed by atoms with Crippen LogP contribution < -0.4 is 15.4 Å². The molecule has 2 atom stereocenters. The molecule has 0 aliphatic carbocycles. The highest BCUT2D eigenvalue weighted by molar-refractivity contribution is 6.01. The molecule has 0 bridgehead atoms. The summed E-state index contributed by atoms with van der Waals surface area (Å²) in [5.41, 5.74) is 5.60. The van der Waals surface area contributed by atoms with Crippen LogP contribution in [-0.4, -0.2) is 62.6 Å². The van der Waals surface area contributed by atoms with E-state index in [1.165, 1.54) is 13.2 Å². The summed E-state index contributed by atoms with van der Waals surface area (Å²) >= 11 is 0. The first kappa shape index (κ1) is 29.9. The van der Waals surface area contributed by atoms with Crippen molar-refractivity contribution in [1.82, 2.24) is 30.4 Å². The number of pyridine rings is 2. The van der Waals surface area contributed by atoms with Gasteiger partial charge in [-0.05, 0) is 81.3 Å². The van der Waals surface area contributed by atoms with Crippen LogP contribution in [0.5, 0.6) is 5.75 Å². The molecule has 45 heavy (non-hydrogen) atoms. The Labute approximate surface area is 260 Å². The first-order valence-corrected chi connectivity index (χ1v) is 14.8. The molecule has 1 saturated heterocycles. The van der Waals surface area contributed by atoms with Crippen LogP contribution in [-0.2, 0) is 11.3 Å². The van der Waals surface area contributed by atoms with Gasteiger partial charge in [-0.2, -0.15) is 5.10 Å². The Morgan fingerprint density at radius 1 is 1.04 bits per heavy atom. The van der Waals surface area contributed by atoms with Crippen molar-refractivity contribution < 1.29 is 18.7 Å². The van der Waals surface area contributed by atoms with Gasteiger partial charge in [0.15, 0.2) is 0 Å². The zero-order valence-electron chi connectivity index (χ0n) is 25.3. The number of ether oxygens (including phenoxy) is 1. The van der Waals surface area contributed by atoms with Crippen LogP contribution >= 0.6 is 0 Å². The van der Waals surface area contributed by atoms with E-state index in [4.69, 9.17) is 4.74 Å². The second-order valence-electron chi connectivity index (χ2n) is 11.3. The van der Waals surface area contributed by atoms with E-state index in [0.717, 1.165) is 33.5 Å². The summed E-state index contributed by atoms with van der Waals surface area (Å²) in [5, 5.41) is 14.4. The minimum Gasteiger partial charge on any atom is -0.496 e.